The number of hydrogen-bond acceptors (Lipinski definition) is 5. The minimum atomic E-state index is -3.31. The van der Waals surface area contributed by atoms with Crippen molar-refractivity contribution in [1.29, 1.82) is 0 Å². The van der Waals surface area contributed by atoms with Crippen LogP contribution in [0.3, 0.4) is 0 Å². The van der Waals surface area contributed by atoms with Crippen LogP contribution in [0.4, 0.5) is 0 Å². The number of hydrogen-bond donors (Lipinski definition) is 0. The Morgan fingerprint density at radius 2 is 2.12 bits per heavy atom. The zero-order valence-electron chi connectivity index (χ0n) is 8.47. The summed E-state index contributed by atoms with van der Waals surface area (Å²) in [6, 6.07) is 0. The first-order chi connectivity index (χ1) is 7.57. The number of carbonyl (C=O) groups excluding carboxylic acids is 1. The minimum Gasteiger partial charge on any atom is -0.321 e. The van der Waals surface area contributed by atoms with Crippen LogP contribution >= 0.6 is 11.8 Å². The van der Waals surface area contributed by atoms with Gasteiger partial charge in [0.2, 0.25) is 0 Å². The highest BCUT2D eigenvalue weighted by molar-refractivity contribution is 8.18. The molecular formula is C9H10N2O3S2. The van der Waals surface area contributed by atoms with E-state index in [4.69, 9.17) is 0 Å². The lowest BCUT2D eigenvalue weighted by molar-refractivity contribution is -0.115. The third kappa shape index (κ3) is 1.49. The first-order valence-corrected chi connectivity index (χ1v) is 7.54. The summed E-state index contributed by atoms with van der Waals surface area (Å²) in [5.41, 5.74) is 0.981. The van der Waals surface area contributed by atoms with Gasteiger partial charge in [0.05, 0.1) is 10.7 Å². The Morgan fingerprint density at radius 1 is 1.31 bits per heavy atom. The van der Waals surface area contributed by atoms with E-state index < -0.39 is 10.0 Å². The van der Waals surface area contributed by atoms with E-state index >= 15 is 0 Å². The van der Waals surface area contributed by atoms with Gasteiger partial charge in [-0.15, -0.1) is 4.40 Å². The van der Waals surface area contributed by atoms with Gasteiger partial charge in [-0.25, -0.2) is 8.42 Å². The molecule has 3 aliphatic rings. The van der Waals surface area contributed by atoms with E-state index in [1.165, 1.54) is 11.8 Å². The van der Waals surface area contributed by atoms with Crippen LogP contribution in [0, 0.1) is 0 Å². The van der Waals surface area contributed by atoms with E-state index in [-0.39, 0.29) is 11.5 Å². The van der Waals surface area contributed by atoms with Crippen LogP contribution in [0.25, 0.3) is 0 Å². The second-order valence-corrected chi connectivity index (χ2v) is 6.70. The molecule has 0 aromatic heterocycles. The Bertz CT molecular complexity index is 533. The topological polar surface area (TPSA) is 66.8 Å². The first kappa shape index (κ1) is 10.3. The molecular weight excluding hydrogens is 248 g/mol. The molecule has 0 N–H and O–H groups in total. The molecule has 2 heterocycles. The minimum absolute atomic E-state index is 0.0437. The third-order valence-electron chi connectivity index (χ3n) is 2.87. The Morgan fingerprint density at radius 3 is 2.94 bits per heavy atom. The van der Waals surface area contributed by atoms with Crippen LogP contribution < -0.4 is 0 Å². The first-order valence-electron chi connectivity index (χ1n) is 5.11. The summed E-state index contributed by atoms with van der Waals surface area (Å²) < 4.78 is 26.4. The summed E-state index contributed by atoms with van der Waals surface area (Å²) >= 11 is 1.22. The lowest BCUT2D eigenvalue weighted by Gasteiger charge is -2.25. The van der Waals surface area contributed by atoms with E-state index in [1.807, 2.05) is 4.90 Å². The van der Waals surface area contributed by atoms with Crippen molar-refractivity contribution in [2.24, 2.45) is 4.40 Å². The van der Waals surface area contributed by atoms with E-state index in [9.17, 15) is 13.2 Å². The van der Waals surface area contributed by atoms with Crippen molar-refractivity contribution in [3.05, 3.63) is 10.6 Å². The maximum Gasteiger partial charge on any atom is 0.257 e. The fourth-order valence-corrected chi connectivity index (χ4v) is 4.48. The van der Waals surface area contributed by atoms with Gasteiger partial charge in [0, 0.05) is 18.7 Å². The van der Waals surface area contributed by atoms with Gasteiger partial charge in [0.25, 0.3) is 10.0 Å². The zero-order valence-corrected chi connectivity index (χ0v) is 10.1. The average Bonchev–Trinajstić information content (AvgIpc) is 2.55. The molecule has 0 aromatic rings. The summed E-state index contributed by atoms with van der Waals surface area (Å²) in [4.78, 5) is 14.3. The van der Waals surface area contributed by atoms with E-state index in [0.717, 1.165) is 18.5 Å². The Labute approximate surface area is 97.7 Å². The summed E-state index contributed by atoms with van der Waals surface area (Å²) in [5, 5.41) is 0.464. The molecule has 0 saturated heterocycles. The van der Waals surface area contributed by atoms with Crippen molar-refractivity contribution < 1.29 is 13.2 Å². The number of ketones is 1. The maximum atomic E-state index is 11.7. The van der Waals surface area contributed by atoms with Crippen LogP contribution in [-0.2, 0) is 14.8 Å². The highest BCUT2D eigenvalue weighted by Gasteiger charge is 2.38. The number of rotatable bonds is 0. The number of amidine groups is 1. The number of sulfonamides is 1. The second-order valence-electron chi connectivity index (χ2n) is 3.97. The van der Waals surface area contributed by atoms with Crippen molar-refractivity contribution in [2.45, 2.75) is 19.3 Å². The van der Waals surface area contributed by atoms with Crippen molar-refractivity contribution in [3.63, 3.8) is 0 Å². The molecule has 0 unspecified atom stereocenters. The molecule has 5 nitrogen and oxygen atoms in total. The molecule has 1 aliphatic carbocycles. The van der Waals surface area contributed by atoms with Crippen molar-refractivity contribution in [1.82, 2.24) is 4.90 Å². The standard InChI is InChI=1S/C9H10N2O3S2/c12-7-3-1-2-6-8(7)15-9-10-16(13,14)5-4-11(6)9/h1-5H2. The normalized spacial score (nSPS) is 27.6. The molecule has 86 valence electrons. The van der Waals surface area contributed by atoms with Crippen LogP contribution in [-0.4, -0.2) is 36.6 Å². The lowest BCUT2D eigenvalue weighted by atomic mass is 10.0. The van der Waals surface area contributed by atoms with Crippen LogP contribution in [0.15, 0.2) is 15.0 Å². The molecule has 0 atom stereocenters. The summed E-state index contributed by atoms with van der Waals surface area (Å²) in [7, 11) is -3.31. The van der Waals surface area contributed by atoms with Gasteiger partial charge in [0.15, 0.2) is 11.0 Å². The average molecular weight is 258 g/mol. The predicted molar refractivity (Wildman–Crippen MR) is 61.4 cm³/mol. The number of fused-ring (bicyclic) bond motifs is 2. The highest BCUT2D eigenvalue weighted by Crippen LogP contribution is 2.42. The molecule has 7 heteroatoms. The molecule has 0 bridgehead atoms. The molecule has 0 fully saturated rings. The number of allylic oxidation sites excluding steroid dienone is 2. The number of Topliss-reactive ketones (excluding diaryl/α,β-unsaturated/α-hetero) is 1. The largest absolute Gasteiger partial charge is 0.321 e. The monoisotopic (exact) mass is 258 g/mol. The van der Waals surface area contributed by atoms with Gasteiger partial charge in [-0.1, -0.05) is 0 Å². The van der Waals surface area contributed by atoms with Gasteiger partial charge < -0.3 is 4.90 Å². The molecule has 3 rings (SSSR count). The van der Waals surface area contributed by atoms with E-state index in [2.05, 4.69) is 4.40 Å². The fraction of sp³-hybridized carbons (Fsp3) is 0.556. The SMILES string of the molecule is O=C1CCCC2=C1SC1=NS(=O)(=O)CCN12. The smallest absolute Gasteiger partial charge is 0.257 e. The molecule has 0 spiro atoms. The third-order valence-corrected chi connectivity index (χ3v) is 5.30. The molecule has 0 aromatic carbocycles. The molecule has 0 amide bonds. The van der Waals surface area contributed by atoms with E-state index in [0.29, 0.717) is 23.0 Å². The van der Waals surface area contributed by atoms with Crippen LogP contribution in [0.1, 0.15) is 19.3 Å². The van der Waals surface area contributed by atoms with Crippen LogP contribution in [0.5, 0.6) is 0 Å². The van der Waals surface area contributed by atoms with Crippen molar-refractivity contribution in [2.75, 3.05) is 12.3 Å². The van der Waals surface area contributed by atoms with E-state index in [1.54, 1.807) is 0 Å². The van der Waals surface area contributed by atoms with Gasteiger partial charge in [-0.2, -0.15) is 0 Å². The summed E-state index contributed by atoms with van der Waals surface area (Å²) in [6.07, 6.45) is 2.28. The van der Waals surface area contributed by atoms with Crippen molar-refractivity contribution in [3.8, 4) is 0 Å². The van der Waals surface area contributed by atoms with Gasteiger partial charge in [-0.05, 0) is 24.6 Å². The van der Waals surface area contributed by atoms with Crippen LogP contribution in [0.2, 0.25) is 0 Å². The van der Waals surface area contributed by atoms with Crippen molar-refractivity contribution >= 4 is 32.7 Å². The number of carbonyl (C=O) groups is 1. The number of thioether (sulfide) groups is 1. The van der Waals surface area contributed by atoms with Gasteiger partial charge >= 0.3 is 0 Å². The highest BCUT2D eigenvalue weighted by atomic mass is 32.2. The number of nitrogens with zero attached hydrogens (tertiary/aromatic N) is 2. The molecule has 16 heavy (non-hydrogen) atoms. The quantitative estimate of drug-likeness (QED) is 0.640. The maximum absolute atomic E-state index is 11.7. The molecule has 2 aliphatic heterocycles. The van der Waals surface area contributed by atoms with Gasteiger partial charge in [0.1, 0.15) is 0 Å². The summed E-state index contributed by atoms with van der Waals surface area (Å²) in [6.45, 7) is 0.431. The Kier molecular flexibility index (Phi) is 2.16. The predicted octanol–water partition coefficient (Wildman–Crippen LogP) is 0.699. The molecule has 0 saturated carbocycles. The van der Waals surface area contributed by atoms with Gasteiger partial charge in [-0.3, -0.25) is 4.79 Å². The Hall–Kier alpha value is -0.820. The fourth-order valence-electron chi connectivity index (χ4n) is 2.11. The zero-order chi connectivity index (χ0) is 11.3. The Balaban J connectivity index is 2.04. The summed E-state index contributed by atoms with van der Waals surface area (Å²) in [5.74, 6) is 0.169. The lowest BCUT2D eigenvalue weighted by Crippen LogP contribution is -2.35. The molecule has 0 radical (unpaired) electrons. The second kappa shape index (κ2) is 3.33.